The third kappa shape index (κ3) is 2.36. The van der Waals surface area contributed by atoms with Gasteiger partial charge in [0.05, 0.1) is 12.0 Å². The van der Waals surface area contributed by atoms with Crippen molar-refractivity contribution in [2.45, 2.75) is 6.42 Å². The van der Waals surface area contributed by atoms with Gasteiger partial charge in [0.25, 0.3) is 0 Å². The van der Waals surface area contributed by atoms with Gasteiger partial charge in [0, 0.05) is 11.3 Å². The zero-order valence-electron chi connectivity index (χ0n) is 7.45. The van der Waals surface area contributed by atoms with E-state index in [0.717, 1.165) is 6.29 Å². The highest BCUT2D eigenvalue weighted by Gasteiger charge is 1.98. The van der Waals surface area contributed by atoms with Crippen LogP contribution in [0.3, 0.4) is 0 Å². The lowest BCUT2D eigenvalue weighted by molar-refractivity contribution is -0.107. The Morgan fingerprint density at radius 3 is 2.86 bits per heavy atom. The number of nitrogens with two attached hydrogens (primary N) is 1. The number of hydrogen-bond acceptors (Lipinski definition) is 3. The Labute approximate surface area is 82.1 Å². The second kappa shape index (κ2) is 4.69. The van der Waals surface area contributed by atoms with E-state index in [2.05, 4.69) is 11.8 Å². The highest BCUT2D eigenvalue weighted by atomic mass is 16.1. The molecule has 0 heterocycles. The fourth-order valence-electron chi connectivity index (χ4n) is 0.951. The van der Waals surface area contributed by atoms with Crippen molar-refractivity contribution < 1.29 is 4.79 Å². The van der Waals surface area contributed by atoms with Crippen LogP contribution in [0.4, 0.5) is 5.69 Å². The summed E-state index contributed by atoms with van der Waals surface area (Å²) in [5, 5.41) is 8.76. The van der Waals surface area contributed by atoms with E-state index in [9.17, 15) is 4.79 Å². The van der Waals surface area contributed by atoms with Gasteiger partial charge in [0.2, 0.25) is 0 Å². The fourth-order valence-corrected chi connectivity index (χ4v) is 0.951. The first-order valence-corrected chi connectivity index (χ1v) is 4.00. The molecule has 0 aliphatic heterocycles. The second-order valence-corrected chi connectivity index (χ2v) is 2.59. The number of aldehydes is 1. The van der Waals surface area contributed by atoms with Crippen LogP contribution in [0.1, 0.15) is 17.5 Å². The lowest BCUT2D eigenvalue weighted by atomic mass is 10.1. The number of nitriles is 1. The molecule has 0 saturated heterocycles. The van der Waals surface area contributed by atoms with E-state index in [4.69, 9.17) is 11.0 Å². The van der Waals surface area contributed by atoms with Gasteiger partial charge in [0.15, 0.2) is 0 Å². The molecule has 0 aliphatic rings. The van der Waals surface area contributed by atoms with E-state index in [1.165, 1.54) is 0 Å². The van der Waals surface area contributed by atoms with Gasteiger partial charge in [0.1, 0.15) is 12.4 Å². The molecule has 1 aromatic carbocycles. The Balaban J connectivity index is 3.05. The molecule has 1 aromatic rings. The average Bonchev–Trinajstić information content (AvgIpc) is 2.20. The van der Waals surface area contributed by atoms with Crippen LogP contribution < -0.4 is 5.73 Å². The van der Waals surface area contributed by atoms with Crippen LogP contribution in [0.25, 0.3) is 0 Å². The van der Waals surface area contributed by atoms with Crippen LogP contribution in [0, 0.1) is 23.2 Å². The Morgan fingerprint density at radius 1 is 1.43 bits per heavy atom. The minimum atomic E-state index is 0.176. The van der Waals surface area contributed by atoms with Crippen LogP contribution in [0.15, 0.2) is 18.2 Å². The van der Waals surface area contributed by atoms with Gasteiger partial charge in [-0.05, 0) is 18.2 Å². The van der Waals surface area contributed by atoms with Crippen molar-refractivity contribution in [2.75, 3.05) is 5.73 Å². The molecule has 68 valence electrons. The third-order valence-electron chi connectivity index (χ3n) is 1.57. The predicted molar refractivity (Wildman–Crippen MR) is 53.1 cm³/mol. The summed E-state index contributed by atoms with van der Waals surface area (Å²) in [6.07, 6.45) is 0.894. The normalized spacial score (nSPS) is 8.21. The van der Waals surface area contributed by atoms with E-state index in [0.29, 0.717) is 16.8 Å². The SMILES string of the molecule is N#Cc1cc(N)ccc1C#CCC=O. The van der Waals surface area contributed by atoms with Gasteiger partial charge in [-0.1, -0.05) is 11.8 Å². The summed E-state index contributed by atoms with van der Waals surface area (Å²) in [4.78, 5) is 10.0. The molecule has 0 amide bonds. The average molecular weight is 184 g/mol. The van der Waals surface area contributed by atoms with E-state index < -0.39 is 0 Å². The summed E-state index contributed by atoms with van der Waals surface area (Å²) in [7, 11) is 0. The maximum Gasteiger partial charge on any atom is 0.131 e. The minimum absolute atomic E-state index is 0.176. The molecule has 2 N–H and O–H groups in total. The molecule has 0 saturated carbocycles. The molecule has 0 spiro atoms. The van der Waals surface area contributed by atoms with Gasteiger partial charge < -0.3 is 10.5 Å². The van der Waals surface area contributed by atoms with Crippen molar-refractivity contribution in [1.82, 2.24) is 0 Å². The fraction of sp³-hybridized carbons (Fsp3) is 0.0909. The maximum absolute atomic E-state index is 10.0. The molecule has 0 unspecified atom stereocenters. The quantitative estimate of drug-likeness (QED) is 0.403. The molecule has 0 aromatic heterocycles. The van der Waals surface area contributed by atoms with E-state index in [-0.39, 0.29) is 6.42 Å². The molecular weight excluding hydrogens is 176 g/mol. The van der Waals surface area contributed by atoms with E-state index in [1.807, 2.05) is 6.07 Å². The van der Waals surface area contributed by atoms with Crippen molar-refractivity contribution in [3.63, 3.8) is 0 Å². The molecule has 0 fully saturated rings. The number of carbonyl (C=O) groups is 1. The van der Waals surface area contributed by atoms with E-state index in [1.54, 1.807) is 18.2 Å². The Bertz CT molecular complexity index is 447. The first-order chi connectivity index (χ1) is 6.77. The number of nitrogen functional groups attached to an aromatic ring is 1. The van der Waals surface area contributed by atoms with Crippen LogP contribution in [0.5, 0.6) is 0 Å². The Hall–Kier alpha value is -2.26. The monoisotopic (exact) mass is 184 g/mol. The number of anilines is 1. The van der Waals surface area contributed by atoms with Crippen molar-refractivity contribution >= 4 is 12.0 Å². The molecular formula is C11H8N2O. The number of carbonyl (C=O) groups excluding carboxylic acids is 1. The third-order valence-corrected chi connectivity index (χ3v) is 1.57. The van der Waals surface area contributed by atoms with Crippen LogP contribution >= 0.6 is 0 Å². The van der Waals surface area contributed by atoms with Gasteiger partial charge in [-0.3, -0.25) is 0 Å². The highest BCUT2D eigenvalue weighted by Crippen LogP contribution is 2.11. The van der Waals surface area contributed by atoms with Gasteiger partial charge in [-0.25, -0.2) is 0 Å². The number of nitrogens with zero attached hydrogens (tertiary/aromatic N) is 1. The highest BCUT2D eigenvalue weighted by molar-refractivity contribution is 5.58. The van der Waals surface area contributed by atoms with Gasteiger partial charge in [-0.2, -0.15) is 5.26 Å². The number of rotatable bonds is 1. The molecule has 14 heavy (non-hydrogen) atoms. The lowest BCUT2D eigenvalue weighted by Crippen LogP contribution is -1.89. The second-order valence-electron chi connectivity index (χ2n) is 2.59. The summed E-state index contributed by atoms with van der Waals surface area (Å²) >= 11 is 0. The number of hydrogen-bond donors (Lipinski definition) is 1. The van der Waals surface area contributed by atoms with Gasteiger partial charge >= 0.3 is 0 Å². The maximum atomic E-state index is 10.0. The summed E-state index contributed by atoms with van der Waals surface area (Å²) < 4.78 is 0. The van der Waals surface area contributed by atoms with Crippen molar-refractivity contribution in [3.8, 4) is 17.9 Å². The summed E-state index contributed by atoms with van der Waals surface area (Å²) in [5.41, 5.74) is 7.07. The molecule has 0 bridgehead atoms. The zero-order chi connectivity index (χ0) is 10.4. The molecule has 0 aliphatic carbocycles. The Kier molecular flexibility index (Phi) is 3.29. The Morgan fingerprint density at radius 2 is 2.21 bits per heavy atom. The van der Waals surface area contributed by atoms with Crippen molar-refractivity contribution in [1.29, 1.82) is 5.26 Å². The topological polar surface area (TPSA) is 66.9 Å². The van der Waals surface area contributed by atoms with Crippen molar-refractivity contribution in [3.05, 3.63) is 29.3 Å². The zero-order valence-corrected chi connectivity index (χ0v) is 7.45. The van der Waals surface area contributed by atoms with Crippen LogP contribution in [-0.2, 0) is 4.79 Å². The first-order valence-electron chi connectivity index (χ1n) is 4.00. The largest absolute Gasteiger partial charge is 0.399 e. The standard InChI is InChI=1S/C11H8N2O/c12-8-10-7-11(13)5-4-9(10)3-1-2-6-14/h4-7H,2,13H2. The van der Waals surface area contributed by atoms with Crippen LogP contribution in [0.2, 0.25) is 0 Å². The van der Waals surface area contributed by atoms with Crippen LogP contribution in [-0.4, -0.2) is 6.29 Å². The summed E-state index contributed by atoms with van der Waals surface area (Å²) in [5.74, 6) is 5.37. The smallest absolute Gasteiger partial charge is 0.131 e. The molecule has 3 heteroatoms. The first kappa shape index (κ1) is 9.83. The van der Waals surface area contributed by atoms with E-state index >= 15 is 0 Å². The lowest BCUT2D eigenvalue weighted by Gasteiger charge is -1.96. The number of benzene rings is 1. The molecule has 0 radical (unpaired) electrons. The predicted octanol–water partition coefficient (Wildman–Crippen LogP) is 1.08. The van der Waals surface area contributed by atoms with Crippen molar-refractivity contribution in [2.24, 2.45) is 0 Å². The molecule has 1 rings (SSSR count). The molecule has 0 atom stereocenters. The minimum Gasteiger partial charge on any atom is -0.399 e. The van der Waals surface area contributed by atoms with Gasteiger partial charge in [-0.15, -0.1) is 0 Å². The molecule has 3 nitrogen and oxygen atoms in total. The summed E-state index contributed by atoms with van der Waals surface area (Å²) in [6, 6.07) is 6.90. The summed E-state index contributed by atoms with van der Waals surface area (Å²) in [6.45, 7) is 0.